The monoisotopic (exact) mass is 434 g/mol. The minimum Gasteiger partial charge on any atom is -0.414 e. The largest absolute Gasteiger partial charge is 0.414 e. The highest BCUT2D eigenvalue weighted by Crippen LogP contribution is 2.41. The number of nitrogens with zero attached hydrogens (tertiary/aromatic N) is 2. The summed E-state index contributed by atoms with van der Waals surface area (Å²) < 4.78 is 8.38. The average Bonchev–Trinajstić information content (AvgIpc) is 3.00. The molecule has 1 fully saturated rings. The van der Waals surface area contributed by atoms with Gasteiger partial charge in [0.2, 0.25) is 0 Å². The maximum atomic E-state index is 13.3. The van der Waals surface area contributed by atoms with E-state index in [0.29, 0.717) is 10.7 Å². The predicted molar refractivity (Wildman–Crippen MR) is 121 cm³/mol. The van der Waals surface area contributed by atoms with Gasteiger partial charge in [-0.05, 0) is 62.9 Å². The Labute approximate surface area is 178 Å². The van der Waals surface area contributed by atoms with Crippen LogP contribution in [0.2, 0.25) is 23.3 Å². The van der Waals surface area contributed by atoms with Crippen LogP contribution in [0.25, 0.3) is 10.9 Å². The maximum Gasteiger partial charge on any atom is 0.262 e. The van der Waals surface area contributed by atoms with E-state index in [1.54, 1.807) is 23.8 Å². The first-order chi connectivity index (χ1) is 13.3. The summed E-state index contributed by atoms with van der Waals surface area (Å²) in [5.74, 6) is -0.217. The van der Waals surface area contributed by atoms with Gasteiger partial charge in [-0.25, -0.2) is 4.98 Å². The van der Waals surface area contributed by atoms with Crippen molar-refractivity contribution in [1.29, 1.82) is 0 Å². The van der Waals surface area contributed by atoms with Crippen LogP contribution < -0.4 is 5.56 Å². The number of carbonyl (C=O) groups excluding carboxylic acids is 1. The van der Waals surface area contributed by atoms with Gasteiger partial charge in [-0.3, -0.25) is 9.59 Å². The molecular formula is C22H31ClN2O3Si. The number of hydrogen-bond donors (Lipinski definition) is 0. The zero-order chi connectivity index (χ0) is 21.7. The summed E-state index contributed by atoms with van der Waals surface area (Å²) in [7, 11) is -1.89. The Kier molecular flexibility index (Phi) is 5.84. The zero-order valence-electron chi connectivity index (χ0n) is 18.4. The van der Waals surface area contributed by atoms with Crippen LogP contribution in [0.3, 0.4) is 0 Å². The molecule has 2 aromatic heterocycles. The van der Waals surface area contributed by atoms with E-state index >= 15 is 0 Å². The third kappa shape index (κ3) is 4.07. The number of fused-ring (bicyclic) bond motifs is 1. The number of rotatable bonds is 4. The van der Waals surface area contributed by atoms with Crippen molar-refractivity contribution in [3.63, 3.8) is 0 Å². The van der Waals surface area contributed by atoms with E-state index in [1.165, 1.54) is 6.92 Å². The van der Waals surface area contributed by atoms with Gasteiger partial charge in [-0.2, -0.15) is 0 Å². The molecule has 0 radical (unpaired) electrons. The number of pyridine rings is 2. The van der Waals surface area contributed by atoms with Crippen LogP contribution in [0, 0.1) is 6.92 Å². The van der Waals surface area contributed by atoms with Crippen LogP contribution in [0.4, 0.5) is 0 Å². The topological polar surface area (TPSA) is 61.2 Å². The molecule has 1 aliphatic carbocycles. The van der Waals surface area contributed by atoms with Crippen LogP contribution in [-0.2, 0) is 4.43 Å². The lowest BCUT2D eigenvalue weighted by Gasteiger charge is -2.38. The van der Waals surface area contributed by atoms with Gasteiger partial charge >= 0.3 is 0 Å². The second-order valence-electron chi connectivity index (χ2n) is 9.72. The first-order valence-corrected chi connectivity index (χ1v) is 13.5. The van der Waals surface area contributed by atoms with Gasteiger partial charge in [0.05, 0.1) is 11.1 Å². The molecule has 2 heterocycles. The molecule has 1 saturated carbocycles. The molecule has 0 aliphatic heterocycles. The number of carbonyl (C=O) groups is 1. The van der Waals surface area contributed by atoms with Crippen molar-refractivity contribution in [2.24, 2.45) is 0 Å². The highest BCUT2D eigenvalue weighted by atomic mass is 35.5. The van der Waals surface area contributed by atoms with Crippen LogP contribution in [0.15, 0.2) is 17.1 Å². The highest BCUT2D eigenvalue weighted by Gasteiger charge is 2.41. The SMILES string of the molecule is CC(=O)c1c(C)c2cnc(Cl)cc2n([C@@H]2CC[C@H](O[Si](C)(C)C(C)(C)C)C2)c1=O. The summed E-state index contributed by atoms with van der Waals surface area (Å²) in [6, 6.07) is 1.72. The Morgan fingerprint density at radius 2 is 1.97 bits per heavy atom. The smallest absolute Gasteiger partial charge is 0.262 e. The summed E-state index contributed by atoms with van der Waals surface area (Å²) in [6.07, 6.45) is 4.31. The molecule has 1 aliphatic rings. The summed E-state index contributed by atoms with van der Waals surface area (Å²) in [5, 5.41) is 1.28. The number of ketones is 1. The Morgan fingerprint density at radius 3 is 2.55 bits per heavy atom. The van der Waals surface area contributed by atoms with Crippen molar-refractivity contribution < 1.29 is 9.22 Å². The van der Waals surface area contributed by atoms with E-state index in [-0.39, 0.29) is 34.1 Å². The molecule has 3 rings (SSSR count). The van der Waals surface area contributed by atoms with E-state index in [9.17, 15) is 9.59 Å². The molecule has 158 valence electrons. The number of halogens is 1. The van der Waals surface area contributed by atoms with E-state index in [4.69, 9.17) is 16.0 Å². The van der Waals surface area contributed by atoms with Gasteiger partial charge in [0.1, 0.15) is 5.15 Å². The van der Waals surface area contributed by atoms with Gasteiger partial charge in [0.25, 0.3) is 5.56 Å². The molecule has 2 atom stereocenters. The summed E-state index contributed by atoms with van der Waals surface area (Å²) >= 11 is 6.16. The lowest BCUT2D eigenvalue weighted by atomic mass is 10.0. The minimum absolute atomic E-state index is 0.0167. The zero-order valence-corrected chi connectivity index (χ0v) is 20.2. The second kappa shape index (κ2) is 7.64. The van der Waals surface area contributed by atoms with Crippen LogP contribution in [0.5, 0.6) is 0 Å². The van der Waals surface area contributed by atoms with E-state index in [0.717, 1.165) is 30.2 Å². The summed E-state index contributed by atoms with van der Waals surface area (Å²) in [4.78, 5) is 29.8. The number of Topliss-reactive ketones (excluding diaryl/α,β-unsaturated/α-hetero) is 1. The fourth-order valence-electron chi connectivity index (χ4n) is 4.06. The summed E-state index contributed by atoms with van der Waals surface area (Å²) in [5.41, 5.74) is 1.43. The van der Waals surface area contributed by atoms with E-state index in [2.05, 4.69) is 38.8 Å². The number of hydrogen-bond acceptors (Lipinski definition) is 4. The lowest BCUT2D eigenvalue weighted by molar-refractivity contribution is 0.101. The van der Waals surface area contributed by atoms with Crippen LogP contribution in [0.1, 0.15) is 68.9 Å². The average molecular weight is 435 g/mol. The quantitative estimate of drug-likeness (QED) is 0.353. The van der Waals surface area contributed by atoms with Crippen LogP contribution >= 0.6 is 11.6 Å². The molecule has 0 N–H and O–H groups in total. The third-order valence-corrected chi connectivity index (χ3v) is 11.4. The van der Waals surface area contributed by atoms with E-state index in [1.807, 2.05) is 0 Å². The van der Waals surface area contributed by atoms with Crippen molar-refractivity contribution in [3.05, 3.63) is 38.9 Å². The molecule has 0 amide bonds. The van der Waals surface area contributed by atoms with Crippen molar-refractivity contribution in [2.45, 2.75) is 84.2 Å². The lowest BCUT2D eigenvalue weighted by Crippen LogP contribution is -2.43. The normalized spacial score (nSPS) is 20.4. The maximum absolute atomic E-state index is 13.3. The Hall–Kier alpha value is -1.50. The van der Waals surface area contributed by atoms with E-state index < -0.39 is 8.32 Å². The van der Waals surface area contributed by atoms with Crippen molar-refractivity contribution >= 4 is 36.6 Å². The fraction of sp³-hybridized carbons (Fsp3) is 0.591. The van der Waals surface area contributed by atoms with Gasteiger partial charge in [0.15, 0.2) is 14.1 Å². The number of aryl methyl sites for hydroxylation is 1. The van der Waals surface area contributed by atoms with Gasteiger partial charge in [0, 0.05) is 23.7 Å². The predicted octanol–water partition coefficient (Wildman–Crippen LogP) is 5.68. The Bertz CT molecular complexity index is 1020. The van der Waals surface area contributed by atoms with Gasteiger partial charge in [-0.1, -0.05) is 32.4 Å². The summed E-state index contributed by atoms with van der Waals surface area (Å²) in [6.45, 7) is 14.5. The molecule has 0 spiro atoms. The van der Waals surface area contributed by atoms with Crippen molar-refractivity contribution in [1.82, 2.24) is 9.55 Å². The molecule has 7 heteroatoms. The third-order valence-electron chi connectivity index (χ3n) is 6.66. The molecule has 5 nitrogen and oxygen atoms in total. The van der Waals surface area contributed by atoms with Crippen molar-refractivity contribution in [2.75, 3.05) is 0 Å². The minimum atomic E-state index is -1.89. The van der Waals surface area contributed by atoms with Crippen LogP contribution in [-0.4, -0.2) is 29.8 Å². The Balaban J connectivity index is 2.06. The fourth-order valence-corrected chi connectivity index (χ4v) is 5.62. The molecule has 0 aromatic carbocycles. The first-order valence-electron chi connectivity index (χ1n) is 10.2. The van der Waals surface area contributed by atoms with Gasteiger partial charge in [-0.15, -0.1) is 0 Å². The highest BCUT2D eigenvalue weighted by molar-refractivity contribution is 6.74. The first kappa shape index (κ1) is 22.2. The molecule has 0 saturated heterocycles. The number of aromatic nitrogens is 2. The standard InChI is InChI=1S/C22H31ClN2O3Si/c1-13-17-12-24-19(23)11-18(17)25(21(27)20(13)14(2)26)15-8-9-16(10-15)28-29(6,7)22(3,4)5/h11-12,15-16H,8-10H2,1-7H3/t15-,16+/m1/s1. The molecule has 2 aromatic rings. The molecule has 0 unspecified atom stereocenters. The molecule has 29 heavy (non-hydrogen) atoms. The molecule has 0 bridgehead atoms. The van der Waals surface area contributed by atoms with Gasteiger partial charge < -0.3 is 8.99 Å². The second-order valence-corrected chi connectivity index (χ2v) is 14.9. The molecular weight excluding hydrogens is 404 g/mol. The Morgan fingerprint density at radius 1 is 1.31 bits per heavy atom. The van der Waals surface area contributed by atoms with Crippen molar-refractivity contribution in [3.8, 4) is 0 Å².